The van der Waals surface area contributed by atoms with Crippen LogP contribution in [0.1, 0.15) is 36.0 Å². The van der Waals surface area contributed by atoms with Gasteiger partial charge in [-0.05, 0) is 37.1 Å². The highest BCUT2D eigenvalue weighted by Gasteiger charge is 2.33. The Morgan fingerprint density at radius 3 is 2.50 bits per heavy atom. The quantitative estimate of drug-likeness (QED) is 0.809. The van der Waals surface area contributed by atoms with Gasteiger partial charge in [-0.2, -0.15) is 0 Å². The van der Waals surface area contributed by atoms with Gasteiger partial charge in [0.05, 0.1) is 7.11 Å². The average molecular weight is 305 g/mol. The fourth-order valence-corrected chi connectivity index (χ4v) is 2.61. The number of carbonyl (C=O) groups excluding carboxylic acids is 2. The second-order valence-electron chi connectivity index (χ2n) is 5.24. The van der Waals surface area contributed by atoms with Crippen LogP contribution in [0.2, 0.25) is 0 Å². The van der Waals surface area contributed by atoms with Gasteiger partial charge in [0, 0.05) is 24.9 Å². The van der Waals surface area contributed by atoms with E-state index in [1.165, 1.54) is 4.90 Å². The van der Waals surface area contributed by atoms with Gasteiger partial charge >= 0.3 is 5.97 Å². The number of carboxylic acids is 1. The van der Waals surface area contributed by atoms with E-state index < -0.39 is 12.0 Å². The van der Waals surface area contributed by atoms with Crippen LogP contribution in [0.25, 0.3) is 0 Å². The van der Waals surface area contributed by atoms with Crippen molar-refractivity contribution in [3.8, 4) is 5.75 Å². The number of ketones is 1. The maximum absolute atomic E-state index is 12.1. The maximum Gasteiger partial charge on any atom is 0.326 e. The predicted molar refractivity (Wildman–Crippen MR) is 78.9 cm³/mol. The van der Waals surface area contributed by atoms with Crippen molar-refractivity contribution in [3.05, 3.63) is 29.8 Å². The summed E-state index contributed by atoms with van der Waals surface area (Å²) in [5, 5.41) is 9.06. The van der Waals surface area contributed by atoms with Gasteiger partial charge in [-0.25, -0.2) is 4.79 Å². The van der Waals surface area contributed by atoms with Crippen LogP contribution in [0.15, 0.2) is 24.3 Å². The number of carboxylic acid groups (broad SMARTS) is 1. The largest absolute Gasteiger partial charge is 0.497 e. The molecule has 118 valence electrons. The Balaban J connectivity index is 1.90. The van der Waals surface area contributed by atoms with Crippen LogP contribution in [0, 0.1) is 0 Å². The maximum atomic E-state index is 12.1. The number of amides is 1. The number of hydrogen-bond donors (Lipinski definition) is 1. The molecule has 6 nitrogen and oxygen atoms in total. The summed E-state index contributed by atoms with van der Waals surface area (Å²) in [4.78, 5) is 36.6. The van der Waals surface area contributed by atoms with E-state index in [0.717, 1.165) is 0 Å². The molecule has 0 unspecified atom stereocenters. The first-order valence-electron chi connectivity index (χ1n) is 7.22. The number of nitrogens with zero attached hydrogens (tertiary/aromatic N) is 1. The molecule has 1 N–H and O–H groups in total. The number of carbonyl (C=O) groups is 3. The molecule has 0 bridgehead atoms. The first-order valence-corrected chi connectivity index (χ1v) is 7.22. The molecule has 1 fully saturated rings. The molecule has 1 aliphatic rings. The Hall–Kier alpha value is -2.37. The highest BCUT2D eigenvalue weighted by Crippen LogP contribution is 2.19. The fraction of sp³-hybridized carbons (Fsp3) is 0.438. The molecule has 6 heteroatoms. The molecule has 2 rings (SSSR count). The molecule has 1 saturated heterocycles. The molecule has 0 aliphatic carbocycles. The van der Waals surface area contributed by atoms with Crippen LogP contribution in [0.5, 0.6) is 5.75 Å². The molecule has 22 heavy (non-hydrogen) atoms. The molecule has 0 radical (unpaired) electrons. The SMILES string of the molecule is COc1ccc(C(=O)CCC(=O)N2CCC[C@@H]2C(=O)O)cc1. The first kappa shape index (κ1) is 16.0. The molecular weight excluding hydrogens is 286 g/mol. The Labute approximate surface area is 128 Å². The summed E-state index contributed by atoms with van der Waals surface area (Å²) in [7, 11) is 1.55. The number of benzene rings is 1. The number of hydrogen-bond acceptors (Lipinski definition) is 4. The van der Waals surface area contributed by atoms with Gasteiger partial charge in [0.25, 0.3) is 0 Å². The summed E-state index contributed by atoms with van der Waals surface area (Å²) in [5.74, 6) is -0.727. The van der Waals surface area contributed by atoms with E-state index in [-0.39, 0.29) is 24.5 Å². The zero-order chi connectivity index (χ0) is 16.1. The Morgan fingerprint density at radius 2 is 1.91 bits per heavy atom. The molecule has 1 amide bonds. The van der Waals surface area contributed by atoms with Crippen LogP contribution in [-0.4, -0.2) is 47.4 Å². The minimum Gasteiger partial charge on any atom is -0.497 e. The number of aliphatic carboxylic acids is 1. The number of Topliss-reactive ketones (excluding diaryl/α,β-unsaturated/α-hetero) is 1. The van der Waals surface area contributed by atoms with Crippen molar-refractivity contribution in [1.29, 1.82) is 0 Å². The first-order chi connectivity index (χ1) is 10.5. The summed E-state index contributed by atoms with van der Waals surface area (Å²) >= 11 is 0. The minimum atomic E-state index is -0.979. The van der Waals surface area contributed by atoms with Crippen molar-refractivity contribution in [2.45, 2.75) is 31.7 Å². The zero-order valence-electron chi connectivity index (χ0n) is 12.4. The highest BCUT2D eigenvalue weighted by atomic mass is 16.5. The zero-order valence-corrected chi connectivity index (χ0v) is 12.4. The lowest BCUT2D eigenvalue weighted by Crippen LogP contribution is -2.40. The minimum absolute atomic E-state index is 0.0364. The molecule has 1 aromatic rings. The third-order valence-corrected chi connectivity index (χ3v) is 3.84. The van der Waals surface area contributed by atoms with Crippen molar-refractivity contribution in [3.63, 3.8) is 0 Å². The van der Waals surface area contributed by atoms with E-state index >= 15 is 0 Å². The third-order valence-electron chi connectivity index (χ3n) is 3.84. The van der Waals surface area contributed by atoms with Gasteiger partial charge in [0.15, 0.2) is 5.78 Å². The molecule has 0 spiro atoms. The molecule has 1 aromatic carbocycles. The fourth-order valence-electron chi connectivity index (χ4n) is 2.61. The topological polar surface area (TPSA) is 83.9 Å². The lowest BCUT2D eigenvalue weighted by Gasteiger charge is -2.21. The van der Waals surface area contributed by atoms with Crippen LogP contribution in [-0.2, 0) is 9.59 Å². The lowest BCUT2D eigenvalue weighted by atomic mass is 10.1. The van der Waals surface area contributed by atoms with E-state index in [2.05, 4.69) is 0 Å². The summed E-state index contributed by atoms with van der Waals surface area (Å²) in [6, 6.07) is 5.94. The number of methoxy groups -OCH3 is 1. The Kier molecular flexibility index (Phi) is 5.14. The summed E-state index contributed by atoms with van der Waals surface area (Å²) in [5.41, 5.74) is 0.518. The van der Waals surface area contributed by atoms with Crippen molar-refractivity contribution in [2.75, 3.05) is 13.7 Å². The molecule has 1 heterocycles. The monoisotopic (exact) mass is 305 g/mol. The Bertz CT molecular complexity index is 566. The number of likely N-dealkylation sites (tertiary alicyclic amines) is 1. The molecule has 0 aromatic heterocycles. The highest BCUT2D eigenvalue weighted by molar-refractivity contribution is 5.98. The van der Waals surface area contributed by atoms with Crippen molar-refractivity contribution >= 4 is 17.7 Å². The molecule has 0 saturated carbocycles. The average Bonchev–Trinajstić information content (AvgIpc) is 3.02. The van der Waals surface area contributed by atoms with Gasteiger partial charge < -0.3 is 14.7 Å². The third kappa shape index (κ3) is 3.63. The summed E-state index contributed by atoms with van der Waals surface area (Å²) in [6.45, 7) is 0.451. The van der Waals surface area contributed by atoms with E-state index in [9.17, 15) is 14.4 Å². The van der Waals surface area contributed by atoms with Gasteiger partial charge in [-0.15, -0.1) is 0 Å². The smallest absolute Gasteiger partial charge is 0.326 e. The van der Waals surface area contributed by atoms with Crippen LogP contribution < -0.4 is 4.74 Å². The van der Waals surface area contributed by atoms with Gasteiger partial charge in [-0.3, -0.25) is 9.59 Å². The van der Waals surface area contributed by atoms with Crippen molar-refractivity contribution < 1.29 is 24.2 Å². The van der Waals surface area contributed by atoms with Gasteiger partial charge in [0.2, 0.25) is 5.91 Å². The summed E-state index contributed by atoms with van der Waals surface area (Å²) < 4.78 is 5.02. The number of ether oxygens (including phenoxy) is 1. The van der Waals surface area contributed by atoms with E-state index in [1.54, 1.807) is 31.4 Å². The van der Waals surface area contributed by atoms with E-state index in [0.29, 0.717) is 30.7 Å². The standard InChI is InChI=1S/C16H19NO5/c1-22-12-6-4-11(5-7-12)14(18)8-9-15(19)17-10-2-3-13(17)16(20)21/h4-7,13H,2-3,8-10H2,1H3,(H,20,21)/t13-/m1/s1. The van der Waals surface area contributed by atoms with Gasteiger partial charge in [-0.1, -0.05) is 0 Å². The normalized spacial score (nSPS) is 17.3. The lowest BCUT2D eigenvalue weighted by molar-refractivity contribution is -0.148. The molecule has 1 aliphatic heterocycles. The van der Waals surface area contributed by atoms with Crippen LogP contribution in [0.4, 0.5) is 0 Å². The van der Waals surface area contributed by atoms with Crippen molar-refractivity contribution in [1.82, 2.24) is 4.90 Å². The molecular formula is C16H19NO5. The second kappa shape index (κ2) is 7.06. The van der Waals surface area contributed by atoms with Crippen molar-refractivity contribution in [2.24, 2.45) is 0 Å². The van der Waals surface area contributed by atoms with E-state index in [4.69, 9.17) is 9.84 Å². The van der Waals surface area contributed by atoms with E-state index in [1.807, 2.05) is 0 Å². The Morgan fingerprint density at radius 1 is 1.23 bits per heavy atom. The molecule has 1 atom stereocenters. The predicted octanol–water partition coefficient (Wildman–Crippen LogP) is 1.73. The van der Waals surface area contributed by atoms with Gasteiger partial charge in [0.1, 0.15) is 11.8 Å². The van der Waals surface area contributed by atoms with Crippen LogP contribution >= 0.6 is 0 Å². The number of rotatable bonds is 6. The second-order valence-corrected chi connectivity index (χ2v) is 5.24. The summed E-state index contributed by atoms with van der Waals surface area (Å²) in [6.07, 6.45) is 1.28. The van der Waals surface area contributed by atoms with Crippen LogP contribution in [0.3, 0.4) is 0 Å².